The Morgan fingerprint density at radius 2 is 1.95 bits per heavy atom. The van der Waals surface area contributed by atoms with Gasteiger partial charge < -0.3 is 4.74 Å². The average molecular weight is 269 g/mol. The summed E-state index contributed by atoms with van der Waals surface area (Å²) < 4.78 is 17.9. The van der Waals surface area contributed by atoms with Crippen LogP contribution in [0.1, 0.15) is 21.8 Å². The van der Waals surface area contributed by atoms with Crippen molar-refractivity contribution >= 4 is 5.78 Å². The number of benzene rings is 2. The summed E-state index contributed by atoms with van der Waals surface area (Å²) in [5.74, 6) is -1.15. The van der Waals surface area contributed by atoms with Gasteiger partial charge in [-0.25, -0.2) is 4.39 Å². The van der Waals surface area contributed by atoms with Crippen molar-refractivity contribution < 1.29 is 13.9 Å². The fraction of sp³-hybridized carbons (Fsp3) is 0.125. The zero-order chi connectivity index (χ0) is 14.5. The molecule has 2 rings (SSSR count). The lowest BCUT2D eigenvalue weighted by atomic mass is 9.92. The minimum absolute atomic E-state index is 0.335. The molecule has 4 heteroatoms. The van der Waals surface area contributed by atoms with Crippen molar-refractivity contribution in [1.29, 1.82) is 5.26 Å². The van der Waals surface area contributed by atoms with Crippen LogP contribution in [0.15, 0.2) is 48.5 Å². The molecule has 0 saturated heterocycles. The Kier molecular flexibility index (Phi) is 4.11. The van der Waals surface area contributed by atoms with Gasteiger partial charge in [-0.2, -0.15) is 5.26 Å². The van der Waals surface area contributed by atoms with Crippen molar-refractivity contribution in [2.45, 2.75) is 5.92 Å². The Balaban J connectivity index is 2.34. The maximum atomic E-state index is 12.9. The van der Waals surface area contributed by atoms with Crippen molar-refractivity contribution in [2.75, 3.05) is 7.11 Å². The number of Topliss-reactive ketones (excluding diaryl/α,β-unsaturated/α-hetero) is 1. The molecule has 0 aliphatic rings. The van der Waals surface area contributed by atoms with Crippen molar-refractivity contribution in [3.63, 3.8) is 0 Å². The van der Waals surface area contributed by atoms with Crippen LogP contribution in [0.4, 0.5) is 4.39 Å². The highest BCUT2D eigenvalue weighted by atomic mass is 19.1. The summed E-state index contributed by atoms with van der Waals surface area (Å²) in [6, 6.07) is 13.9. The van der Waals surface area contributed by atoms with E-state index in [1.54, 1.807) is 24.3 Å². The number of halogens is 1. The molecule has 2 aromatic carbocycles. The van der Waals surface area contributed by atoms with E-state index in [-0.39, 0.29) is 5.78 Å². The topological polar surface area (TPSA) is 50.1 Å². The van der Waals surface area contributed by atoms with E-state index in [9.17, 15) is 14.4 Å². The zero-order valence-electron chi connectivity index (χ0n) is 10.8. The number of hydrogen-bond donors (Lipinski definition) is 0. The Hall–Kier alpha value is -2.67. The van der Waals surface area contributed by atoms with Gasteiger partial charge in [-0.15, -0.1) is 0 Å². The van der Waals surface area contributed by atoms with E-state index in [4.69, 9.17) is 4.74 Å². The summed E-state index contributed by atoms with van der Waals surface area (Å²) in [6.07, 6.45) is 0. The number of ether oxygens (including phenoxy) is 1. The van der Waals surface area contributed by atoms with E-state index in [1.807, 2.05) is 6.07 Å². The first-order chi connectivity index (χ1) is 9.65. The molecule has 0 spiro atoms. The normalized spacial score (nSPS) is 11.4. The molecule has 0 radical (unpaired) electrons. The number of hydrogen-bond acceptors (Lipinski definition) is 3. The smallest absolute Gasteiger partial charge is 0.184 e. The van der Waals surface area contributed by atoms with E-state index < -0.39 is 11.7 Å². The van der Waals surface area contributed by atoms with E-state index in [1.165, 1.54) is 31.4 Å². The van der Waals surface area contributed by atoms with Crippen LogP contribution in [0.3, 0.4) is 0 Å². The van der Waals surface area contributed by atoms with Gasteiger partial charge >= 0.3 is 0 Å². The van der Waals surface area contributed by atoms with Gasteiger partial charge in [0, 0.05) is 5.56 Å². The number of carbonyl (C=O) groups excluding carboxylic acids is 1. The van der Waals surface area contributed by atoms with E-state index in [0.717, 1.165) is 0 Å². The maximum Gasteiger partial charge on any atom is 0.184 e. The van der Waals surface area contributed by atoms with Gasteiger partial charge in [0.15, 0.2) is 5.78 Å². The zero-order valence-corrected chi connectivity index (χ0v) is 10.8. The molecule has 1 atom stereocenters. The average Bonchev–Trinajstić information content (AvgIpc) is 2.50. The van der Waals surface area contributed by atoms with Gasteiger partial charge in [-0.3, -0.25) is 4.79 Å². The molecule has 3 nitrogen and oxygen atoms in total. The lowest BCUT2D eigenvalue weighted by molar-refractivity contribution is 0.0978. The lowest BCUT2D eigenvalue weighted by Crippen LogP contribution is -2.11. The number of rotatable bonds is 4. The van der Waals surface area contributed by atoms with Crippen molar-refractivity contribution in [1.82, 2.24) is 0 Å². The summed E-state index contributed by atoms with van der Waals surface area (Å²) in [4.78, 5) is 12.4. The number of nitriles is 1. The quantitative estimate of drug-likeness (QED) is 0.800. The minimum Gasteiger partial charge on any atom is -0.497 e. The molecule has 20 heavy (non-hydrogen) atoms. The van der Waals surface area contributed by atoms with Crippen LogP contribution in [-0.4, -0.2) is 12.9 Å². The molecule has 0 amide bonds. The molecular formula is C16H12FNO2. The third-order valence-electron chi connectivity index (χ3n) is 2.95. The SMILES string of the molecule is COc1cccc(C(=O)C(C#N)c2ccc(F)cc2)c1. The van der Waals surface area contributed by atoms with Crippen LogP contribution in [-0.2, 0) is 0 Å². The van der Waals surface area contributed by atoms with Crippen LogP contribution < -0.4 is 4.74 Å². The number of methoxy groups -OCH3 is 1. The molecule has 0 aliphatic carbocycles. The molecule has 100 valence electrons. The summed E-state index contributed by atoms with van der Waals surface area (Å²) in [5.41, 5.74) is 0.863. The molecule has 0 heterocycles. The Bertz CT molecular complexity index is 659. The lowest BCUT2D eigenvalue weighted by Gasteiger charge is -2.09. The van der Waals surface area contributed by atoms with Gasteiger partial charge in [0.2, 0.25) is 0 Å². The predicted molar refractivity (Wildman–Crippen MR) is 72.1 cm³/mol. The first-order valence-electron chi connectivity index (χ1n) is 5.99. The fourth-order valence-corrected chi connectivity index (χ4v) is 1.88. The molecule has 0 bridgehead atoms. The second-order valence-electron chi connectivity index (χ2n) is 4.21. The van der Waals surface area contributed by atoms with Gasteiger partial charge in [0.1, 0.15) is 17.5 Å². The predicted octanol–water partition coefficient (Wildman–Crippen LogP) is 3.32. The summed E-state index contributed by atoms with van der Waals surface area (Å²) in [7, 11) is 1.51. The van der Waals surface area contributed by atoms with Crippen LogP contribution >= 0.6 is 0 Å². The largest absolute Gasteiger partial charge is 0.497 e. The number of ketones is 1. The molecule has 2 aromatic rings. The summed E-state index contributed by atoms with van der Waals surface area (Å²) in [6.45, 7) is 0. The molecule has 0 saturated carbocycles. The molecule has 0 fully saturated rings. The summed E-state index contributed by atoms with van der Waals surface area (Å²) in [5, 5.41) is 9.21. The molecule has 0 aliphatic heterocycles. The van der Waals surface area contributed by atoms with Crippen LogP contribution in [0, 0.1) is 17.1 Å². The second kappa shape index (κ2) is 5.98. The van der Waals surface area contributed by atoms with Gasteiger partial charge in [0.25, 0.3) is 0 Å². The monoisotopic (exact) mass is 269 g/mol. The number of nitrogens with zero attached hydrogens (tertiary/aromatic N) is 1. The Morgan fingerprint density at radius 3 is 2.55 bits per heavy atom. The number of carbonyl (C=O) groups is 1. The molecule has 1 unspecified atom stereocenters. The van der Waals surface area contributed by atoms with Crippen LogP contribution in [0.5, 0.6) is 5.75 Å². The molecule has 0 N–H and O–H groups in total. The first kappa shape index (κ1) is 13.8. The van der Waals surface area contributed by atoms with E-state index in [0.29, 0.717) is 16.9 Å². The fourth-order valence-electron chi connectivity index (χ4n) is 1.88. The second-order valence-corrected chi connectivity index (χ2v) is 4.21. The highest BCUT2D eigenvalue weighted by Crippen LogP contribution is 2.23. The van der Waals surface area contributed by atoms with Crippen molar-refractivity contribution in [3.05, 3.63) is 65.5 Å². The highest BCUT2D eigenvalue weighted by molar-refractivity contribution is 6.03. The third kappa shape index (κ3) is 2.83. The van der Waals surface area contributed by atoms with E-state index in [2.05, 4.69) is 0 Å². The van der Waals surface area contributed by atoms with Gasteiger partial charge in [0.05, 0.1) is 13.2 Å². The Morgan fingerprint density at radius 1 is 1.25 bits per heavy atom. The summed E-state index contributed by atoms with van der Waals surface area (Å²) >= 11 is 0. The molecule has 0 aromatic heterocycles. The maximum absolute atomic E-state index is 12.9. The standard InChI is InChI=1S/C16H12FNO2/c1-20-14-4-2-3-12(9-14)16(19)15(10-18)11-5-7-13(17)8-6-11/h2-9,15H,1H3. The molecular weight excluding hydrogens is 257 g/mol. The third-order valence-corrected chi connectivity index (χ3v) is 2.95. The van der Waals surface area contributed by atoms with Gasteiger partial charge in [-0.05, 0) is 29.8 Å². The minimum atomic E-state index is -0.956. The first-order valence-corrected chi connectivity index (χ1v) is 5.99. The highest BCUT2D eigenvalue weighted by Gasteiger charge is 2.22. The van der Waals surface area contributed by atoms with Crippen molar-refractivity contribution in [3.8, 4) is 11.8 Å². The van der Waals surface area contributed by atoms with Crippen LogP contribution in [0.2, 0.25) is 0 Å². The van der Waals surface area contributed by atoms with E-state index >= 15 is 0 Å². The van der Waals surface area contributed by atoms with Gasteiger partial charge in [-0.1, -0.05) is 24.3 Å². The van der Waals surface area contributed by atoms with Crippen LogP contribution in [0.25, 0.3) is 0 Å². The Labute approximate surface area is 116 Å². The van der Waals surface area contributed by atoms with Crippen molar-refractivity contribution in [2.24, 2.45) is 0 Å².